The zero-order valence-electron chi connectivity index (χ0n) is 17.8. The lowest BCUT2D eigenvalue weighted by atomic mass is 10.00. The number of ether oxygens (including phenoxy) is 1. The summed E-state index contributed by atoms with van der Waals surface area (Å²) in [5, 5.41) is 3.43. The third-order valence-electron chi connectivity index (χ3n) is 5.39. The highest BCUT2D eigenvalue weighted by atomic mass is 32.2. The Hall–Kier alpha value is -2.97. The molecule has 0 saturated carbocycles. The normalized spacial score (nSPS) is 18.0. The number of nitrogens with zero attached hydrogens (tertiary/aromatic N) is 2. The van der Waals surface area contributed by atoms with Gasteiger partial charge >= 0.3 is 0 Å². The zero-order valence-corrected chi connectivity index (χ0v) is 18.7. The van der Waals surface area contributed by atoms with Gasteiger partial charge in [-0.05, 0) is 49.1 Å². The zero-order chi connectivity index (χ0) is 22.0. The van der Waals surface area contributed by atoms with E-state index in [0.717, 1.165) is 28.7 Å². The van der Waals surface area contributed by atoms with Crippen molar-refractivity contribution < 1.29 is 13.2 Å². The van der Waals surface area contributed by atoms with Crippen LogP contribution < -0.4 is 14.8 Å². The van der Waals surface area contributed by atoms with Crippen molar-refractivity contribution in [1.29, 1.82) is 0 Å². The number of rotatable bonds is 2. The van der Waals surface area contributed by atoms with Crippen LogP contribution in [0.5, 0.6) is 5.88 Å². The second kappa shape index (κ2) is 8.64. The van der Waals surface area contributed by atoms with Crippen LogP contribution >= 0.6 is 0 Å². The van der Waals surface area contributed by atoms with E-state index in [0.29, 0.717) is 24.7 Å². The molecule has 1 aliphatic heterocycles. The van der Waals surface area contributed by atoms with Gasteiger partial charge in [0, 0.05) is 24.2 Å². The van der Waals surface area contributed by atoms with Crippen LogP contribution in [-0.4, -0.2) is 31.0 Å². The molecule has 4 rings (SSSR count). The molecular formula is C23H26N4O3S. The summed E-state index contributed by atoms with van der Waals surface area (Å²) in [6.07, 6.45) is 0.859. The fourth-order valence-corrected chi connectivity index (χ4v) is 4.68. The van der Waals surface area contributed by atoms with E-state index in [-0.39, 0.29) is 16.9 Å². The topological polar surface area (TPSA) is 93.2 Å². The summed E-state index contributed by atoms with van der Waals surface area (Å²) in [6, 6.07) is 14.7. The summed E-state index contributed by atoms with van der Waals surface area (Å²) in [7, 11) is -3.86. The van der Waals surface area contributed by atoms with Gasteiger partial charge in [0.1, 0.15) is 6.61 Å². The molecule has 4 bridgehead atoms. The highest BCUT2D eigenvalue weighted by Gasteiger charge is 2.20. The summed E-state index contributed by atoms with van der Waals surface area (Å²) in [5.74, 6) is 0.317. The standard InChI is InChI=1S/C23H26N4O3S/c1-4-18-14-30-21-12-20(22-15(2)7-5-8-16(22)3)25-23(26-21)27-31(28,29)19-10-6-9-17(11-19)13-24-18/h5-12,18,24H,4,13-14H2,1-3H3,(H,25,26,27)/t18-/m1/s1. The monoisotopic (exact) mass is 438 g/mol. The van der Waals surface area contributed by atoms with E-state index < -0.39 is 10.0 Å². The smallest absolute Gasteiger partial charge is 0.264 e. The molecular weight excluding hydrogens is 412 g/mol. The second-order valence-electron chi connectivity index (χ2n) is 7.73. The van der Waals surface area contributed by atoms with Crippen molar-refractivity contribution in [3.05, 3.63) is 65.2 Å². The predicted molar refractivity (Wildman–Crippen MR) is 121 cm³/mol. The highest BCUT2D eigenvalue weighted by Crippen LogP contribution is 2.29. The number of fused-ring (bicyclic) bond motifs is 4. The molecule has 0 spiro atoms. The average molecular weight is 439 g/mol. The molecule has 0 radical (unpaired) electrons. The Kier molecular flexibility index (Phi) is 5.93. The summed E-state index contributed by atoms with van der Waals surface area (Å²) in [6.45, 7) is 7.03. The molecule has 1 aromatic heterocycles. The SMILES string of the molecule is CC[C@@H]1COc2cc(-c3c(C)cccc3C)nc(n2)NS(=O)(=O)c2cccc(c2)CN1. The molecule has 0 unspecified atom stereocenters. The maximum absolute atomic E-state index is 13.0. The van der Waals surface area contributed by atoms with Crippen molar-refractivity contribution in [2.24, 2.45) is 0 Å². The van der Waals surface area contributed by atoms with E-state index in [1.54, 1.807) is 24.3 Å². The third-order valence-corrected chi connectivity index (χ3v) is 6.72. The number of nitrogens with one attached hydrogen (secondary N) is 2. The molecule has 8 heteroatoms. The third kappa shape index (κ3) is 4.70. The van der Waals surface area contributed by atoms with Crippen molar-refractivity contribution in [2.45, 2.75) is 44.7 Å². The van der Waals surface area contributed by atoms with Gasteiger partial charge in [0.15, 0.2) is 0 Å². The van der Waals surface area contributed by atoms with Gasteiger partial charge in [-0.1, -0.05) is 37.3 Å². The minimum absolute atomic E-state index is 0.0131. The maximum Gasteiger partial charge on any atom is 0.264 e. The van der Waals surface area contributed by atoms with Crippen LogP contribution in [0.4, 0.5) is 5.95 Å². The van der Waals surface area contributed by atoms with E-state index in [9.17, 15) is 8.42 Å². The Balaban J connectivity index is 1.85. The lowest BCUT2D eigenvalue weighted by molar-refractivity contribution is 0.251. The quantitative estimate of drug-likeness (QED) is 0.632. The van der Waals surface area contributed by atoms with Crippen LogP contribution in [0.3, 0.4) is 0 Å². The number of anilines is 1. The van der Waals surface area contributed by atoms with Gasteiger partial charge in [0.25, 0.3) is 10.0 Å². The Bertz CT molecular complexity index is 1190. The largest absolute Gasteiger partial charge is 0.476 e. The van der Waals surface area contributed by atoms with Crippen molar-refractivity contribution >= 4 is 16.0 Å². The van der Waals surface area contributed by atoms with Crippen LogP contribution in [0.15, 0.2) is 53.4 Å². The fraction of sp³-hybridized carbons (Fsp3) is 0.304. The molecule has 7 nitrogen and oxygen atoms in total. The molecule has 0 fully saturated rings. The van der Waals surface area contributed by atoms with E-state index >= 15 is 0 Å². The first-order valence-corrected chi connectivity index (χ1v) is 11.8. The van der Waals surface area contributed by atoms with E-state index in [1.165, 1.54) is 0 Å². The lowest BCUT2D eigenvalue weighted by Gasteiger charge is -2.18. The fourth-order valence-electron chi connectivity index (χ4n) is 3.66. The molecule has 31 heavy (non-hydrogen) atoms. The van der Waals surface area contributed by atoms with Crippen molar-refractivity contribution in [1.82, 2.24) is 15.3 Å². The number of hydrogen-bond acceptors (Lipinski definition) is 6. The van der Waals surface area contributed by atoms with Crippen LogP contribution in [0, 0.1) is 13.8 Å². The molecule has 2 aromatic carbocycles. The molecule has 2 N–H and O–H groups in total. The van der Waals surface area contributed by atoms with Gasteiger partial charge < -0.3 is 10.1 Å². The number of hydrogen-bond donors (Lipinski definition) is 2. The molecule has 162 valence electrons. The van der Waals surface area contributed by atoms with Crippen molar-refractivity contribution in [3.8, 4) is 17.1 Å². The Morgan fingerprint density at radius 3 is 2.55 bits per heavy atom. The summed E-state index contributed by atoms with van der Waals surface area (Å²) in [5.41, 5.74) is 4.51. The summed E-state index contributed by atoms with van der Waals surface area (Å²) < 4.78 is 34.6. The molecule has 3 aromatic rings. The van der Waals surface area contributed by atoms with E-state index in [1.807, 2.05) is 38.1 Å². The van der Waals surface area contributed by atoms with Crippen molar-refractivity contribution in [3.63, 3.8) is 0 Å². The number of benzene rings is 2. The van der Waals surface area contributed by atoms with Crippen molar-refractivity contribution in [2.75, 3.05) is 11.3 Å². The minimum Gasteiger partial charge on any atom is -0.476 e. The first kappa shape index (κ1) is 21.3. The predicted octanol–water partition coefficient (Wildman–Crippen LogP) is 3.82. The molecule has 0 saturated heterocycles. The number of sulfonamides is 1. The Morgan fingerprint density at radius 1 is 1.06 bits per heavy atom. The lowest BCUT2D eigenvalue weighted by Crippen LogP contribution is -2.33. The van der Waals surface area contributed by atoms with Gasteiger partial charge in [-0.25, -0.2) is 18.1 Å². The average Bonchev–Trinajstić information content (AvgIpc) is 2.73. The minimum atomic E-state index is -3.86. The molecule has 0 aliphatic carbocycles. The first-order valence-electron chi connectivity index (χ1n) is 10.3. The summed E-state index contributed by atoms with van der Waals surface area (Å²) in [4.78, 5) is 9.03. The summed E-state index contributed by atoms with van der Waals surface area (Å²) >= 11 is 0. The van der Waals surface area contributed by atoms with Crippen LogP contribution in [0.25, 0.3) is 11.3 Å². The molecule has 0 amide bonds. The molecule has 1 aliphatic rings. The Labute approximate surface area is 183 Å². The highest BCUT2D eigenvalue weighted by molar-refractivity contribution is 7.92. The maximum atomic E-state index is 13.0. The number of aryl methyl sites for hydroxylation is 2. The number of aromatic nitrogens is 2. The van der Waals surface area contributed by atoms with E-state index in [2.05, 4.69) is 26.9 Å². The molecule has 1 atom stereocenters. The van der Waals surface area contributed by atoms with Gasteiger partial charge in [0.05, 0.1) is 10.6 Å². The molecule has 2 heterocycles. The van der Waals surface area contributed by atoms with Crippen LogP contribution in [0.1, 0.15) is 30.0 Å². The van der Waals surface area contributed by atoms with Gasteiger partial charge in [-0.2, -0.15) is 4.98 Å². The van der Waals surface area contributed by atoms with Gasteiger partial charge in [-0.15, -0.1) is 0 Å². The van der Waals surface area contributed by atoms with Gasteiger partial charge in [0.2, 0.25) is 11.8 Å². The first-order chi connectivity index (χ1) is 14.9. The van der Waals surface area contributed by atoms with Crippen LogP contribution in [-0.2, 0) is 16.6 Å². The van der Waals surface area contributed by atoms with Gasteiger partial charge in [-0.3, -0.25) is 0 Å². The Morgan fingerprint density at radius 2 is 1.81 bits per heavy atom. The van der Waals surface area contributed by atoms with E-state index in [4.69, 9.17) is 4.74 Å². The van der Waals surface area contributed by atoms with Crippen LogP contribution in [0.2, 0.25) is 0 Å². The second-order valence-corrected chi connectivity index (χ2v) is 9.41.